The third-order valence-corrected chi connectivity index (χ3v) is 4.06. The zero-order valence-corrected chi connectivity index (χ0v) is 19.8. The van der Waals surface area contributed by atoms with E-state index in [9.17, 15) is 0 Å². The molecule has 0 atom stereocenters. The summed E-state index contributed by atoms with van der Waals surface area (Å²) in [5, 5.41) is 25.0. The molecule has 28 heavy (non-hydrogen) atoms. The fraction of sp³-hybridized carbons (Fsp3) is 0.909. The van der Waals surface area contributed by atoms with Gasteiger partial charge in [0.25, 0.3) is 0 Å². The summed E-state index contributed by atoms with van der Waals surface area (Å²) in [4.78, 5) is 3.17. The molecule has 0 aliphatic carbocycles. The van der Waals surface area contributed by atoms with Crippen LogP contribution in [0.25, 0.3) is 10.8 Å². The zero-order valence-electron chi connectivity index (χ0n) is 19.8. The second-order valence-electron chi connectivity index (χ2n) is 7.67. The molecule has 0 fully saturated rings. The minimum absolute atomic E-state index is 1.00. The van der Waals surface area contributed by atoms with E-state index in [1.165, 1.54) is 90.1 Å². The summed E-state index contributed by atoms with van der Waals surface area (Å²) in [5.41, 5.74) is 0. The van der Waals surface area contributed by atoms with Crippen LogP contribution in [0.4, 0.5) is 0 Å². The van der Waals surface area contributed by atoms with Crippen LogP contribution in [0, 0.1) is 10.8 Å². The van der Waals surface area contributed by atoms with Crippen molar-refractivity contribution >= 4 is 12.0 Å². The Bertz CT molecular complexity index is 285. The molecule has 6 nitrogen and oxygen atoms in total. The van der Waals surface area contributed by atoms with Gasteiger partial charge in [0.15, 0.2) is 0 Å². The molecule has 0 aromatic rings. The number of hydrogen-bond donors (Lipinski definition) is 4. The van der Waals surface area contributed by atoms with Gasteiger partial charge in [0.1, 0.15) is 0 Å². The van der Waals surface area contributed by atoms with Gasteiger partial charge in [0.05, 0.1) is 41.3 Å². The summed E-state index contributed by atoms with van der Waals surface area (Å²) in [7, 11) is 8.91. The van der Waals surface area contributed by atoms with Crippen molar-refractivity contribution in [2.24, 2.45) is 0 Å². The maximum atomic E-state index is 6.99. The van der Waals surface area contributed by atoms with E-state index in [-0.39, 0.29) is 0 Å². The third kappa shape index (κ3) is 64.2. The highest BCUT2D eigenvalue weighted by Crippen LogP contribution is 2.04. The highest BCUT2D eigenvalue weighted by Gasteiger charge is 1.94. The molecule has 0 aromatic carbocycles. The zero-order chi connectivity index (χ0) is 22.5. The van der Waals surface area contributed by atoms with Crippen LogP contribution in [-0.4, -0.2) is 53.3 Å². The van der Waals surface area contributed by atoms with E-state index >= 15 is 0 Å². The van der Waals surface area contributed by atoms with Gasteiger partial charge in [-0.05, 0) is 25.7 Å². The van der Waals surface area contributed by atoms with E-state index < -0.39 is 0 Å². The molecular formula is C22H50N6. The van der Waals surface area contributed by atoms with Crippen molar-refractivity contribution in [2.75, 3.05) is 41.3 Å². The van der Waals surface area contributed by atoms with Crippen LogP contribution in [0.1, 0.15) is 90.9 Å². The Labute approximate surface area is 176 Å². The average Bonchev–Trinajstić information content (AvgIpc) is 2.62. The SMILES string of the molecule is CCCCCCCC[NH+](C)C.CCCCCCCC[NH+](C)C.[N-]=C=N.[N-]=C=N. The summed E-state index contributed by atoms with van der Waals surface area (Å²) in [6.07, 6.45) is 17.0. The van der Waals surface area contributed by atoms with Crippen molar-refractivity contribution in [1.29, 1.82) is 10.8 Å². The second kappa shape index (κ2) is 36.6. The summed E-state index contributed by atoms with van der Waals surface area (Å²) in [5.74, 6) is 0. The van der Waals surface area contributed by atoms with E-state index in [0.717, 1.165) is 12.0 Å². The highest BCUT2D eigenvalue weighted by atomic mass is 15.0. The Morgan fingerprint density at radius 2 is 0.750 bits per heavy atom. The molecule has 168 valence electrons. The quantitative estimate of drug-likeness (QED) is 0.254. The second-order valence-corrected chi connectivity index (χ2v) is 7.67. The predicted octanol–water partition coefficient (Wildman–Crippen LogP) is 3.60. The monoisotopic (exact) mass is 398 g/mol. The number of rotatable bonds is 14. The lowest BCUT2D eigenvalue weighted by Crippen LogP contribution is -3.05. The molecule has 4 N–H and O–H groups in total. The van der Waals surface area contributed by atoms with Crippen molar-refractivity contribution in [1.82, 2.24) is 0 Å². The number of quaternary nitrogens is 2. The molecule has 0 unspecified atom stereocenters. The standard InChI is InChI=1S/2C10H23N.2CHN2/c2*1-4-5-6-7-8-9-10-11(2)3;2*2-1-3/h2*4-10H2,1-3H3;2*2H/q;;2*-1/p+2. The number of nitrogens with zero attached hydrogens (tertiary/aromatic N) is 2. The van der Waals surface area contributed by atoms with Crippen molar-refractivity contribution < 1.29 is 9.80 Å². The van der Waals surface area contributed by atoms with Gasteiger partial charge in [-0.1, -0.05) is 65.2 Å². The Balaban J connectivity index is -0.000000160. The van der Waals surface area contributed by atoms with Crippen LogP contribution < -0.4 is 9.80 Å². The molecule has 0 saturated heterocycles. The molecule has 0 saturated carbocycles. The third-order valence-electron chi connectivity index (χ3n) is 4.06. The molecular weight excluding hydrogens is 348 g/mol. The Morgan fingerprint density at radius 1 is 0.536 bits per heavy atom. The number of unbranched alkanes of at least 4 members (excludes halogenated alkanes) is 10. The molecule has 0 radical (unpaired) electrons. The fourth-order valence-electron chi connectivity index (χ4n) is 2.52. The number of nitrogens with one attached hydrogen (secondary N) is 4. The van der Waals surface area contributed by atoms with Crippen LogP contribution in [-0.2, 0) is 0 Å². The smallest absolute Gasteiger partial charge is 0.0766 e. The van der Waals surface area contributed by atoms with E-state index in [4.69, 9.17) is 21.6 Å². The Morgan fingerprint density at radius 3 is 0.964 bits per heavy atom. The van der Waals surface area contributed by atoms with Gasteiger partial charge in [0, 0.05) is 0 Å². The first-order valence-electron chi connectivity index (χ1n) is 11.1. The van der Waals surface area contributed by atoms with E-state index in [1.54, 1.807) is 9.80 Å². The van der Waals surface area contributed by atoms with E-state index in [2.05, 4.69) is 42.0 Å². The van der Waals surface area contributed by atoms with Gasteiger partial charge in [0.2, 0.25) is 0 Å². The van der Waals surface area contributed by atoms with Crippen molar-refractivity contribution in [3.63, 3.8) is 0 Å². The van der Waals surface area contributed by atoms with Crippen LogP contribution >= 0.6 is 0 Å². The molecule has 0 heterocycles. The summed E-state index contributed by atoms with van der Waals surface area (Å²) >= 11 is 0. The predicted molar refractivity (Wildman–Crippen MR) is 124 cm³/mol. The molecule has 0 amide bonds. The summed E-state index contributed by atoms with van der Waals surface area (Å²) in [6.45, 7) is 7.21. The van der Waals surface area contributed by atoms with Crippen molar-refractivity contribution in [3.05, 3.63) is 10.8 Å². The number of hydrogen-bond acceptors (Lipinski definition) is 2. The molecule has 0 aromatic heterocycles. The van der Waals surface area contributed by atoms with Crippen molar-refractivity contribution in [2.45, 2.75) is 90.9 Å². The Kier molecular flexibility index (Phi) is 44.7. The van der Waals surface area contributed by atoms with Gasteiger partial charge in [-0.15, -0.1) is 0 Å². The summed E-state index contributed by atoms with van der Waals surface area (Å²) < 4.78 is 0. The maximum absolute atomic E-state index is 6.99. The maximum Gasteiger partial charge on any atom is 0.0766 e. The van der Waals surface area contributed by atoms with Crippen LogP contribution in [0.2, 0.25) is 0 Å². The van der Waals surface area contributed by atoms with Gasteiger partial charge in [-0.2, -0.15) is 12.0 Å². The first-order valence-corrected chi connectivity index (χ1v) is 11.1. The topological polar surface area (TPSA) is 101 Å². The minimum Gasteiger partial charge on any atom is -0.447 e. The highest BCUT2D eigenvalue weighted by molar-refractivity contribution is 5.39. The van der Waals surface area contributed by atoms with Gasteiger partial charge in [-0.25, -0.2) is 0 Å². The van der Waals surface area contributed by atoms with Crippen molar-refractivity contribution in [3.8, 4) is 0 Å². The lowest BCUT2D eigenvalue weighted by atomic mass is 10.1. The molecule has 0 bridgehead atoms. The fourth-order valence-corrected chi connectivity index (χ4v) is 2.52. The first kappa shape index (κ1) is 34.2. The lowest BCUT2D eigenvalue weighted by Gasteiger charge is -2.05. The molecule has 0 rings (SSSR count). The molecule has 6 heteroatoms. The first-order chi connectivity index (χ1) is 13.4. The Hall–Kier alpha value is -1.32. The van der Waals surface area contributed by atoms with Crippen LogP contribution in [0.5, 0.6) is 0 Å². The molecule has 0 spiro atoms. The summed E-state index contributed by atoms with van der Waals surface area (Å²) in [6, 6.07) is 2.00. The van der Waals surface area contributed by atoms with Gasteiger partial charge >= 0.3 is 0 Å². The molecule has 0 aliphatic rings. The van der Waals surface area contributed by atoms with E-state index in [0.29, 0.717) is 0 Å². The van der Waals surface area contributed by atoms with Crippen LogP contribution in [0.15, 0.2) is 0 Å². The van der Waals surface area contributed by atoms with Gasteiger partial charge in [-0.3, -0.25) is 0 Å². The average molecular weight is 399 g/mol. The van der Waals surface area contributed by atoms with Gasteiger partial charge < -0.3 is 31.4 Å². The minimum atomic E-state index is 1.00. The van der Waals surface area contributed by atoms with E-state index in [1.807, 2.05) is 0 Å². The lowest BCUT2D eigenvalue weighted by molar-refractivity contribution is -0.858. The molecule has 0 aliphatic heterocycles. The normalized spacial score (nSPS) is 9.14. The largest absolute Gasteiger partial charge is 0.447 e. The van der Waals surface area contributed by atoms with Crippen LogP contribution in [0.3, 0.4) is 0 Å².